The minimum atomic E-state index is -2.78. The van der Waals surface area contributed by atoms with E-state index in [2.05, 4.69) is 4.90 Å². The molecule has 0 aromatic heterocycles. The van der Waals surface area contributed by atoms with Gasteiger partial charge in [0.1, 0.15) is 0 Å². The number of hydrogen-bond acceptors (Lipinski definition) is 4. The van der Waals surface area contributed by atoms with Crippen LogP contribution in [0.3, 0.4) is 0 Å². The molecule has 1 saturated carbocycles. The van der Waals surface area contributed by atoms with E-state index in [9.17, 15) is 13.5 Å². The highest BCUT2D eigenvalue weighted by atomic mass is 32.2. The molecule has 0 aromatic carbocycles. The van der Waals surface area contributed by atoms with Crippen molar-refractivity contribution in [2.75, 3.05) is 31.1 Å². The van der Waals surface area contributed by atoms with E-state index < -0.39 is 15.4 Å². The minimum Gasteiger partial charge on any atom is -0.389 e. The van der Waals surface area contributed by atoms with Crippen LogP contribution in [-0.4, -0.2) is 55.2 Å². The molecule has 2 rings (SSSR count). The minimum absolute atomic E-state index is 0.253. The van der Waals surface area contributed by atoms with Gasteiger partial charge in [-0.1, -0.05) is 0 Å². The summed E-state index contributed by atoms with van der Waals surface area (Å²) in [6, 6.07) is 0. The van der Waals surface area contributed by atoms with Gasteiger partial charge in [-0.15, -0.1) is 0 Å². The van der Waals surface area contributed by atoms with E-state index in [4.69, 9.17) is 0 Å². The largest absolute Gasteiger partial charge is 0.389 e. The van der Waals surface area contributed by atoms with Gasteiger partial charge in [-0.3, -0.25) is 4.90 Å². The van der Waals surface area contributed by atoms with Crippen molar-refractivity contribution in [1.29, 1.82) is 0 Å². The molecule has 2 fully saturated rings. The van der Waals surface area contributed by atoms with Gasteiger partial charge in [-0.05, 0) is 19.3 Å². The van der Waals surface area contributed by atoms with Crippen molar-refractivity contribution >= 4 is 9.84 Å². The third kappa shape index (κ3) is 2.27. The number of rotatable bonds is 2. The van der Waals surface area contributed by atoms with Gasteiger partial charge in [0.2, 0.25) is 0 Å². The monoisotopic (exact) mass is 219 g/mol. The van der Waals surface area contributed by atoms with Crippen LogP contribution in [0.2, 0.25) is 0 Å². The van der Waals surface area contributed by atoms with Crippen LogP contribution in [0.15, 0.2) is 0 Å². The van der Waals surface area contributed by atoms with E-state index in [0.717, 1.165) is 19.3 Å². The highest BCUT2D eigenvalue weighted by Gasteiger charge is 2.37. The second-order valence-electron chi connectivity index (χ2n) is 4.51. The normalized spacial score (nSPS) is 30.9. The number of β-amino-alcohol motifs (C(OH)–C–C–N with tert-alkyl or cyclic N) is 1. The lowest BCUT2D eigenvalue weighted by Gasteiger charge is -2.41. The van der Waals surface area contributed by atoms with Gasteiger partial charge < -0.3 is 5.11 Å². The zero-order valence-electron chi connectivity index (χ0n) is 8.28. The molecule has 4 nitrogen and oxygen atoms in total. The molecule has 1 aliphatic carbocycles. The first-order valence-corrected chi connectivity index (χ1v) is 6.97. The predicted molar refractivity (Wildman–Crippen MR) is 53.9 cm³/mol. The van der Waals surface area contributed by atoms with Gasteiger partial charge in [0.15, 0.2) is 9.84 Å². The Morgan fingerprint density at radius 3 is 2.21 bits per heavy atom. The van der Waals surface area contributed by atoms with Crippen molar-refractivity contribution in [3.05, 3.63) is 0 Å². The first kappa shape index (κ1) is 10.4. The summed E-state index contributed by atoms with van der Waals surface area (Å²) >= 11 is 0. The summed E-state index contributed by atoms with van der Waals surface area (Å²) in [6.45, 7) is 1.83. The molecule has 0 aromatic rings. The number of sulfone groups is 1. The van der Waals surface area contributed by atoms with Gasteiger partial charge in [0.05, 0.1) is 17.1 Å². The Hall–Kier alpha value is -0.130. The van der Waals surface area contributed by atoms with Crippen molar-refractivity contribution < 1.29 is 13.5 Å². The summed E-state index contributed by atoms with van der Waals surface area (Å²) in [6.07, 6.45) is 2.84. The van der Waals surface area contributed by atoms with Crippen LogP contribution in [0.1, 0.15) is 19.3 Å². The first-order valence-electron chi connectivity index (χ1n) is 5.14. The Labute approximate surface area is 84.8 Å². The number of aliphatic hydroxyl groups is 1. The number of hydrogen-bond donors (Lipinski definition) is 1. The molecule has 1 saturated heterocycles. The zero-order valence-corrected chi connectivity index (χ0v) is 9.09. The smallest absolute Gasteiger partial charge is 0.152 e. The lowest BCUT2D eigenvalue weighted by atomic mass is 9.80. The van der Waals surface area contributed by atoms with Crippen LogP contribution < -0.4 is 0 Å². The van der Waals surface area contributed by atoms with E-state index >= 15 is 0 Å². The maximum absolute atomic E-state index is 11.2. The van der Waals surface area contributed by atoms with Crippen LogP contribution in [0, 0.1) is 0 Å². The lowest BCUT2D eigenvalue weighted by molar-refractivity contribution is -0.0573. The second-order valence-corrected chi connectivity index (χ2v) is 6.81. The Balaban J connectivity index is 1.84. The van der Waals surface area contributed by atoms with Crippen molar-refractivity contribution in [3.63, 3.8) is 0 Å². The van der Waals surface area contributed by atoms with Crippen LogP contribution in [0.5, 0.6) is 0 Å². The van der Waals surface area contributed by atoms with Crippen LogP contribution >= 0.6 is 0 Å². The van der Waals surface area contributed by atoms with E-state index in [1.165, 1.54) is 0 Å². The van der Waals surface area contributed by atoms with Crippen LogP contribution in [0.25, 0.3) is 0 Å². The molecular formula is C9H17NO3S. The Morgan fingerprint density at radius 1 is 1.21 bits per heavy atom. The number of nitrogens with zero attached hydrogens (tertiary/aromatic N) is 1. The molecule has 0 atom stereocenters. The molecule has 82 valence electrons. The molecule has 2 aliphatic rings. The highest BCUT2D eigenvalue weighted by Crippen LogP contribution is 2.32. The predicted octanol–water partition coefficient (Wildman–Crippen LogP) is -0.368. The molecule has 0 radical (unpaired) electrons. The fourth-order valence-electron chi connectivity index (χ4n) is 2.07. The summed E-state index contributed by atoms with van der Waals surface area (Å²) < 4.78 is 22.3. The molecule has 0 amide bonds. The SMILES string of the molecule is O=S1(=O)CCN(CC2(O)CCC2)CC1. The van der Waals surface area contributed by atoms with Gasteiger partial charge in [0, 0.05) is 19.6 Å². The molecule has 5 heteroatoms. The van der Waals surface area contributed by atoms with Crippen molar-refractivity contribution in [3.8, 4) is 0 Å². The maximum atomic E-state index is 11.2. The quantitative estimate of drug-likeness (QED) is 0.688. The molecule has 0 spiro atoms. The third-order valence-electron chi connectivity index (χ3n) is 3.24. The summed E-state index contributed by atoms with van der Waals surface area (Å²) in [5, 5.41) is 9.90. The first-order chi connectivity index (χ1) is 6.49. The maximum Gasteiger partial charge on any atom is 0.152 e. The van der Waals surface area contributed by atoms with Crippen LogP contribution in [-0.2, 0) is 9.84 Å². The Kier molecular flexibility index (Phi) is 2.57. The van der Waals surface area contributed by atoms with Gasteiger partial charge in [0.25, 0.3) is 0 Å². The highest BCUT2D eigenvalue weighted by molar-refractivity contribution is 7.91. The Morgan fingerprint density at radius 2 is 1.79 bits per heavy atom. The average molecular weight is 219 g/mol. The zero-order chi connectivity index (χ0) is 10.2. The summed E-state index contributed by atoms with van der Waals surface area (Å²) in [4.78, 5) is 2.07. The van der Waals surface area contributed by atoms with E-state index in [1.54, 1.807) is 0 Å². The molecule has 1 aliphatic heterocycles. The fraction of sp³-hybridized carbons (Fsp3) is 1.00. The summed E-state index contributed by atoms with van der Waals surface area (Å²) in [5.74, 6) is 0.506. The Bertz CT molecular complexity index is 294. The van der Waals surface area contributed by atoms with Gasteiger partial charge >= 0.3 is 0 Å². The molecule has 1 heterocycles. The summed E-state index contributed by atoms with van der Waals surface area (Å²) in [7, 11) is -2.78. The summed E-state index contributed by atoms with van der Waals surface area (Å²) in [5.41, 5.74) is -0.513. The van der Waals surface area contributed by atoms with E-state index in [1.807, 2.05) is 0 Å². The van der Waals surface area contributed by atoms with Crippen molar-refractivity contribution in [2.45, 2.75) is 24.9 Å². The molecule has 0 unspecified atom stereocenters. The topological polar surface area (TPSA) is 57.6 Å². The molecule has 14 heavy (non-hydrogen) atoms. The second kappa shape index (κ2) is 3.47. The molecule has 1 N–H and O–H groups in total. The lowest BCUT2D eigenvalue weighted by Crippen LogP contribution is -2.52. The third-order valence-corrected chi connectivity index (χ3v) is 4.85. The van der Waals surface area contributed by atoms with Gasteiger partial charge in [-0.2, -0.15) is 0 Å². The fourth-order valence-corrected chi connectivity index (χ4v) is 3.34. The van der Waals surface area contributed by atoms with E-state index in [0.29, 0.717) is 19.6 Å². The van der Waals surface area contributed by atoms with E-state index in [-0.39, 0.29) is 11.5 Å². The molecular weight excluding hydrogens is 202 g/mol. The standard InChI is InChI=1S/C9H17NO3S/c11-9(2-1-3-9)8-10-4-6-14(12,13)7-5-10/h11H,1-8H2. The van der Waals surface area contributed by atoms with Crippen molar-refractivity contribution in [2.24, 2.45) is 0 Å². The van der Waals surface area contributed by atoms with Crippen molar-refractivity contribution in [1.82, 2.24) is 4.90 Å². The average Bonchev–Trinajstić information content (AvgIpc) is 2.06. The van der Waals surface area contributed by atoms with Gasteiger partial charge in [-0.25, -0.2) is 8.42 Å². The van der Waals surface area contributed by atoms with Crippen LogP contribution in [0.4, 0.5) is 0 Å². The molecule has 0 bridgehead atoms.